The lowest BCUT2D eigenvalue weighted by molar-refractivity contribution is -0.140. The van der Waals surface area contributed by atoms with Crippen molar-refractivity contribution >= 4 is 29.0 Å². The molecule has 3 heterocycles. The number of anilines is 1. The van der Waals surface area contributed by atoms with Gasteiger partial charge in [0.05, 0.1) is 17.9 Å². The summed E-state index contributed by atoms with van der Waals surface area (Å²) >= 11 is -1.56. The molecule has 3 aliphatic rings. The molecule has 0 aliphatic carbocycles. The number of amides is 1. The van der Waals surface area contributed by atoms with E-state index in [0.717, 1.165) is 38.8 Å². The lowest BCUT2D eigenvalue weighted by Crippen LogP contribution is -2.45. The molecule has 1 amide bonds. The summed E-state index contributed by atoms with van der Waals surface area (Å²) in [6, 6.07) is 5.47. The highest BCUT2D eigenvalue weighted by Crippen LogP contribution is 2.31. The van der Waals surface area contributed by atoms with Crippen LogP contribution >= 0.6 is 0 Å². The van der Waals surface area contributed by atoms with Crippen LogP contribution in [0, 0.1) is 11.8 Å². The Hall–Kier alpha value is -1.97. The second-order valence-electron chi connectivity index (χ2n) is 7.50. The predicted molar refractivity (Wildman–Crippen MR) is 107 cm³/mol. The van der Waals surface area contributed by atoms with Crippen LogP contribution in [-0.2, 0) is 21.1 Å². The molecular formula is C19H26N4O4S. The molecule has 0 bridgehead atoms. The van der Waals surface area contributed by atoms with Crippen LogP contribution in [0.2, 0.25) is 0 Å². The molecule has 8 nitrogen and oxygen atoms in total. The number of piperidine rings is 1. The van der Waals surface area contributed by atoms with Gasteiger partial charge < -0.3 is 24.7 Å². The summed E-state index contributed by atoms with van der Waals surface area (Å²) in [4.78, 5) is 14.8. The van der Waals surface area contributed by atoms with Crippen molar-refractivity contribution in [2.45, 2.75) is 25.7 Å². The van der Waals surface area contributed by atoms with Crippen LogP contribution in [0.15, 0.2) is 22.6 Å². The van der Waals surface area contributed by atoms with Crippen LogP contribution in [0.4, 0.5) is 5.69 Å². The van der Waals surface area contributed by atoms with Crippen molar-refractivity contribution in [1.82, 2.24) is 4.90 Å². The molecule has 28 heavy (non-hydrogen) atoms. The van der Waals surface area contributed by atoms with E-state index in [2.05, 4.69) is 9.12 Å². The van der Waals surface area contributed by atoms with Gasteiger partial charge in [0.25, 0.3) is 0 Å². The Morgan fingerprint density at radius 1 is 1.39 bits per heavy atom. The molecule has 0 saturated carbocycles. The molecule has 4 rings (SSSR count). The number of amidine groups is 1. The molecule has 1 aromatic carbocycles. The van der Waals surface area contributed by atoms with E-state index in [1.165, 1.54) is 0 Å². The van der Waals surface area contributed by atoms with Gasteiger partial charge in [-0.05, 0) is 42.2 Å². The normalized spacial score (nSPS) is 25.5. The number of likely N-dealkylation sites (tertiary alicyclic amines) is 1. The molecular weight excluding hydrogens is 380 g/mol. The van der Waals surface area contributed by atoms with Gasteiger partial charge in [-0.3, -0.25) is 4.79 Å². The topological polar surface area (TPSA) is 112 Å². The molecule has 3 aliphatic heterocycles. The van der Waals surface area contributed by atoms with E-state index < -0.39 is 11.5 Å². The number of rotatable bonds is 4. The van der Waals surface area contributed by atoms with E-state index in [-0.39, 0.29) is 23.6 Å². The molecule has 2 unspecified atom stereocenters. The van der Waals surface area contributed by atoms with Crippen LogP contribution < -0.4 is 15.2 Å². The Labute approximate surface area is 167 Å². The number of nitrogens with zero attached hydrogens (tertiary/aromatic N) is 2. The second-order valence-corrected chi connectivity index (χ2v) is 8.38. The zero-order valence-electron chi connectivity index (χ0n) is 15.8. The summed E-state index contributed by atoms with van der Waals surface area (Å²) in [6.45, 7) is 3.40. The van der Waals surface area contributed by atoms with Gasteiger partial charge in [-0.25, -0.2) is 0 Å². The maximum absolute atomic E-state index is 12.8. The number of benzene rings is 1. The number of fused-ring (bicyclic) bond motifs is 1. The number of carbonyl (C=O) groups is 1. The van der Waals surface area contributed by atoms with Crippen molar-refractivity contribution in [3.8, 4) is 5.75 Å². The molecule has 9 heteroatoms. The van der Waals surface area contributed by atoms with E-state index in [9.17, 15) is 9.35 Å². The van der Waals surface area contributed by atoms with Gasteiger partial charge in [0, 0.05) is 38.1 Å². The first-order chi connectivity index (χ1) is 13.6. The molecule has 152 valence electrons. The fraction of sp³-hybridized carbons (Fsp3) is 0.579. The van der Waals surface area contributed by atoms with Crippen molar-refractivity contribution in [1.29, 1.82) is 0 Å². The molecule has 1 aromatic rings. The van der Waals surface area contributed by atoms with Gasteiger partial charge in [0.2, 0.25) is 17.5 Å². The summed E-state index contributed by atoms with van der Waals surface area (Å²) in [5.41, 5.74) is 7.27. The Morgan fingerprint density at radius 2 is 2.21 bits per heavy atom. The Bertz CT molecular complexity index is 753. The van der Waals surface area contributed by atoms with Gasteiger partial charge in [-0.2, -0.15) is 4.72 Å². The molecule has 3 N–H and O–H groups in total. The molecule has 2 saturated heterocycles. The number of hydrogen-bond acceptors (Lipinski definition) is 7. The molecule has 0 aromatic heterocycles. The fourth-order valence-electron chi connectivity index (χ4n) is 4.06. The van der Waals surface area contributed by atoms with E-state index in [1.54, 1.807) is 6.07 Å². The SMILES string of the molecule is NC1=N[S+]([O-])Nc2cccc(OCC3CCCN(C(=O)C4CCOCC4)C3)c21. The number of nitrogens with one attached hydrogen (secondary N) is 1. The van der Waals surface area contributed by atoms with Gasteiger partial charge in [-0.15, -0.1) is 0 Å². The quantitative estimate of drug-likeness (QED) is 0.732. The van der Waals surface area contributed by atoms with E-state index >= 15 is 0 Å². The van der Waals surface area contributed by atoms with E-state index in [0.29, 0.717) is 36.8 Å². The van der Waals surface area contributed by atoms with Crippen molar-refractivity contribution in [2.24, 2.45) is 22.0 Å². The lowest BCUT2D eigenvalue weighted by Gasteiger charge is -2.35. The zero-order valence-corrected chi connectivity index (χ0v) is 16.6. The third-order valence-corrected chi connectivity index (χ3v) is 6.29. The number of hydrogen-bond donors (Lipinski definition) is 2. The highest BCUT2D eigenvalue weighted by Gasteiger charge is 2.31. The third kappa shape index (κ3) is 4.21. The first kappa shape index (κ1) is 19.4. The molecule has 2 atom stereocenters. The van der Waals surface area contributed by atoms with Gasteiger partial charge in [-0.1, -0.05) is 6.07 Å². The van der Waals surface area contributed by atoms with Gasteiger partial charge in [0.15, 0.2) is 5.84 Å². The minimum Gasteiger partial charge on any atom is -0.566 e. The van der Waals surface area contributed by atoms with Crippen molar-refractivity contribution < 1.29 is 18.8 Å². The standard InChI is InChI=1S/C19H26N4O4S/c20-18-17-15(21-28(25)22-18)4-1-5-16(17)27-12-13-3-2-8-23(11-13)19(24)14-6-9-26-10-7-14/h1,4-5,13-14,21H,2-3,6-12H2,(H2,20,22). The Morgan fingerprint density at radius 3 is 3.04 bits per heavy atom. The van der Waals surface area contributed by atoms with Crippen LogP contribution in [0.3, 0.4) is 0 Å². The van der Waals surface area contributed by atoms with Gasteiger partial charge in [0.1, 0.15) is 5.75 Å². The highest BCUT2D eigenvalue weighted by molar-refractivity contribution is 7.91. The third-order valence-electron chi connectivity index (χ3n) is 5.54. The zero-order chi connectivity index (χ0) is 19.5. The first-order valence-electron chi connectivity index (χ1n) is 9.77. The summed E-state index contributed by atoms with van der Waals surface area (Å²) in [7, 11) is 0. The lowest BCUT2D eigenvalue weighted by atomic mass is 9.94. The Kier molecular flexibility index (Phi) is 5.93. The van der Waals surface area contributed by atoms with E-state index in [1.807, 2.05) is 17.0 Å². The molecule has 0 spiro atoms. The second kappa shape index (κ2) is 8.59. The van der Waals surface area contributed by atoms with E-state index in [4.69, 9.17) is 15.2 Å². The maximum atomic E-state index is 12.8. The summed E-state index contributed by atoms with van der Waals surface area (Å²) in [5.74, 6) is 1.46. The van der Waals surface area contributed by atoms with Gasteiger partial charge >= 0.3 is 0 Å². The number of carbonyl (C=O) groups excluding carboxylic acids is 1. The maximum Gasteiger partial charge on any atom is 0.225 e. The van der Waals surface area contributed by atoms with Crippen molar-refractivity contribution in [3.05, 3.63) is 23.8 Å². The number of nitrogens with two attached hydrogens (primary N) is 1. The highest BCUT2D eigenvalue weighted by atomic mass is 32.2. The average molecular weight is 407 g/mol. The fourth-order valence-corrected chi connectivity index (χ4v) is 4.74. The summed E-state index contributed by atoms with van der Waals surface area (Å²) in [6.07, 6.45) is 3.65. The van der Waals surface area contributed by atoms with Crippen LogP contribution in [0.1, 0.15) is 31.2 Å². The number of ether oxygens (including phenoxy) is 2. The minimum atomic E-state index is -1.56. The summed E-state index contributed by atoms with van der Waals surface area (Å²) in [5, 5.41) is 0. The van der Waals surface area contributed by atoms with Crippen LogP contribution in [0.5, 0.6) is 5.75 Å². The van der Waals surface area contributed by atoms with Crippen molar-refractivity contribution in [3.63, 3.8) is 0 Å². The van der Waals surface area contributed by atoms with Crippen LogP contribution in [0.25, 0.3) is 0 Å². The predicted octanol–water partition coefficient (Wildman–Crippen LogP) is 1.44. The first-order valence-corrected chi connectivity index (χ1v) is 10.9. The Balaban J connectivity index is 1.38. The molecule has 2 fully saturated rings. The summed E-state index contributed by atoms with van der Waals surface area (Å²) < 4.78 is 29.7. The largest absolute Gasteiger partial charge is 0.566 e. The smallest absolute Gasteiger partial charge is 0.225 e. The minimum absolute atomic E-state index is 0.0949. The van der Waals surface area contributed by atoms with Crippen LogP contribution in [-0.4, -0.2) is 54.1 Å². The monoisotopic (exact) mass is 406 g/mol. The average Bonchev–Trinajstić information content (AvgIpc) is 2.72. The molecule has 0 radical (unpaired) electrons. The van der Waals surface area contributed by atoms with Crippen molar-refractivity contribution in [2.75, 3.05) is 37.6 Å².